The van der Waals surface area contributed by atoms with Crippen molar-refractivity contribution in [3.63, 3.8) is 0 Å². The Balaban J connectivity index is 1.19. The van der Waals surface area contributed by atoms with E-state index in [0.717, 1.165) is 69.9 Å². The van der Waals surface area contributed by atoms with Crippen molar-refractivity contribution >= 4 is 16.5 Å². The van der Waals surface area contributed by atoms with Crippen molar-refractivity contribution in [3.8, 4) is 5.75 Å². The first-order valence-corrected chi connectivity index (χ1v) is 11.2. The molecule has 0 bridgehead atoms. The average Bonchev–Trinajstić information content (AvgIpc) is 3.29. The summed E-state index contributed by atoms with van der Waals surface area (Å²) in [6, 6.07) is 8.19. The summed E-state index contributed by atoms with van der Waals surface area (Å²) in [6.07, 6.45) is 1.35. The number of aliphatic hydroxyl groups is 1. The van der Waals surface area contributed by atoms with Crippen LogP contribution in [-0.2, 0) is 11.3 Å². The predicted octanol–water partition coefficient (Wildman–Crippen LogP) is 1.54. The smallest absolute Gasteiger partial charge is 0.185 e. The Morgan fingerprint density at radius 3 is 2.69 bits per heavy atom. The zero-order valence-corrected chi connectivity index (χ0v) is 17.6. The van der Waals surface area contributed by atoms with E-state index in [1.807, 2.05) is 23.7 Å². The van der Waals surface area contributed by atoms with E-state index in [0.29, 0.717) is 13.2 Å². The standard InChI is InChI=1S/C21H30N4O3S/c26-19(16-23-5-7-25(8-6-23)21-22-4-13-29-21)17-28-20-3-1-2-18(14-20)15-24-9-11-27-12-10-24/h1-4,13-14,19,26H,5-12,15-17H2. The molecule has 2 fully saturated rings. The molecule has 1 aromatic heterocycles. The van der Waals surface area contributed by atoms with Crippen LogP contribution in [0.1, 0.15) is 5.56 Å². The fourth-order valence-electron chi connectivity index (χ4n) is 3.79. The van der Waals surface area contributed by atoms with Crippen LogP contribution in [0.5, 0.6) is 5.75 Å². The van der Waals surface area contributed by atoms with Gasteiger partial charge in [-0.15, -0.1) is 11.3 Å². The number of thiazole rings is 1. The quantitative estimate of drug-likeness (QED) is 0.698. The van der Waals surface area contributed by atoms with Gasteiger partial charge in [0.1, 0.15) is 18.5 Å². The van der Waals surface area contributed by atoms with E-state index in [1.165, 1.54) is 5.56 Å². The molecule has 2 saturated heterocycles. The predicted molar refractivity (Wildman–Crippen MR) is 115 cm³/mol. The Labute approximate surface area is 176 Å². The van der Waals surface area contributed by atoms with Crippen LogP contribution in [0, 0.1) is 0 Å². The minimum atomic E-state index is -0.496. The van der Waals surface area contributed by atoms with Gasteiger partial charge in [-0.2, -0.15) is 0 Å². The highest BCUT2D eigenvalue weighted by Gasteiger charge is 2.21. The lowest BCUT2D eigenvalue weighted by Crippen LogP contribution is -2.49. The van der Waals surface area contributed by atoms with Crippen molar-refractivity contribution in [2.24, 2.45) is 0 Å². The van der Waals surface area contributed by atoms with E-state index in [9.17, 15) is 5.11 Å². The van der Waals surface area contributed by atoms with Gasteiger partial charge < -0.3 is 19.5 Å². The molecule has 4 rings (SSSR count). The molecule has 1 aromatic carbocycles. The van der Waals surface area contributed by atoms with Crippen molar-refractivity contribution in [3.05, 3.63) is 41.4 Å². The third kappa shape index (κ3) is 6.13. The van der Waals surface area contributed by atoms with Gasteiger partial charge >= 0.3 is 0 Å². The van der Waals surface area contributed by atoms with Crippen LogP contribution in [0.15, 0.2) is 35.8 Å². The van der Waals surface area contributed by atoms with Crippen LogP contribution in [0.4, 0.5) is 5.13 Å². The number of nitrogens with zero attached hydrogens (tertiary/aromatic N) is 4. The summed E-state index contributed by atoms with van der Waals surface area (Å²) in [5.74, 6) is 0.823. The molecule has 1 unspecified atom stereocenters. The first-order chi connectivity index (χ1) is 14.3. The maximum absolute atomic E-state index is 10.4. The number of rotatable bonds is 8. The lowest BCUT2D eigenvalue weighted by Gasteiger charge is -2.35. The zero-order valence-electron chi connectivity index (χ0n) is 16.8. The van der Waals surface area contributed by atoms with Gasteiger partial charge in [0.25, 0.3) is 0 Å². The van der Waals surface area contributed by atoms with E-state index in [-0.39, 0.29) is 0 Å². The van der Waals surface area contributed by atoms with E-state index in [4.69, 9.17) is 9.47 Å². The van der Waals surface area contributed by atoms with E-state index >= 15 is 0 Å². The third-order valence-electron chi connectivity index (χ3n) is 5.38. The summed E-state index contributed by atoms with van der Waals surface area (Å²) in [5, 5.41) is 13.5. The van der Waals surface area contributed by atoms with Crippen LogP contribution in [-0.4, -0.2) is 91.6 Å². The van der Waals surface area contributed by atoms with E-state index < -0.39 is 6.10 Å². The normalized spacial score (nSPS) is 20.0. The average molecular weight is 419 g/mol. The van der Waals surface area contributed by atoms with Gasteiger partial charge in [0.05, 0.1) is 13.2 Å². The highest BCUT2D eigenvalue weighted by atomic mass is 32.1. The fourth-order valence-corrected chi connectivity index (χ4v) is 4.48. The number of ether oxygens (including phenoxy) is 2. The molecule has 158 valence electrons. The molecule has 0 aliphatic carbocycles. The first-order valence-electron chi connectivity index (χ1n) is 10.3. The number of piperazine rings is 1. The maximum Gasteiger partial charge on any atom is 0.185 e. The molecule has 1 N–H and O–H groups in total. The zero-order chi connectivity index (χ0) is 19.9. The molecule has 2 aliphatic heterocycles. The Kier molecular flexibility index (Phi) is 7.34. The van der Waals surface area contributed by atoms with Crippen LogP contribution in [0.25, 0.3) is 0 Å². The summed E-state index contributed by atoms with van der Waals surface area (Å²) in [7, 11) is 0. The third-order valence-corrected chi connectivity index (χ3v) is 6.21. The molecule has 3 heterocycles. The van der Waals surface area contributed by atoms with Crippen LogP contribution >= 0.6 is 11.3 Å². The van der Waals surface area contributed by atoms with Crippen molar-refractivity contribution < 1.29 is 14.6 Å². The van der Waals surface area contributed by atoms with Crippen LogP contribution < -0.4 is 9.64 Å². The monoisotopic (exact) mass is 418 g/mol. The number of β-amino-alcohol motifs (C(OH)–C–C–N with tert-alkyl or cyclic N) is 1. The van der Waals surface area contributed by atoms with Crippen LogP contribution in [0.3, 0.4) is 0 Å². The molecule has 0 radical (unpaired) electrons. The Hall–Kier alpha value is -1.71. The van der Waals surface area contributed by atoms with Gasteiger partial charge in [-0.1, -0.05) is 12.1 Å². The number of hydrogen-bond donors (Lipinski definition) is 1. The van der Waals surface area contributed by atoms with Gasteiger partial charge in [-0.05, 0) is 17.7 Å². The SMILES string of the molecule is OC(COc1cccc(CN2CCOCC2)c1)CN1CCN(c2nccs2)CC1. The topological polar surface area (TPSA) is 61.3 Å². The van der Waals surface area contributed by atoms with Gasteiger partial charge in [0, 0.05) is 63.9 Å². The molecular formula is C21H30N4O3S. The number of aromatic nitrogens is 1. The van der Waals surface area contributed by atoms with Gasteiger partial charge in [0.2, 0.25) is 0 Å². The first kappa shape index (κ1) is 20.6. The summed E-state index contributed by atoms with van der Waals surface area (Å²) < 4.78 is 11.3. The molecule has 7 nitrogen and oxygen atoms in total. The second-order valence-electron chi connectivity index (χ2n) is 7.60. The summed E-state index contributed by atoms with van der Waals surface area (Å²) in [4.78, 5) is 11.4. The van der Waals surface area contributed by atoms with Gasteiger partial charge in [-0.3, -0.25) is 9.80 Å². The molecule has 2 aliphatic rings. The molecule has 2 aromatic rings. The van der Waals surface area contributed by atoms with Crippen molar-refractivity contribution in [1.29, 1.82) is 0 Å². The Morgan fingerprint density at radius 2 is 1.93 bits per heavy atom. The largest absolute Gasteiger partial charge is 0.491 e. The number of morpholine rings is 1. The lowest BCUT2D eigenvalue weighted by atomic mass is 10.2. The summed E-state index contributed by atoms with van der Waals surface area (Å²) in [6.45, 7) is 9.19. The molecule has 1 atom stereocenters. The number of hydrogen-bond acceptors (Lipinski definition) is 8. The minimum Gasteiger partial charge on any atom is -0.491 e. The maximum atomic E-state index is 10.4. The molecule has 0 spiro atoms. The van der Waals surface area contributed by atoms with Crippen molar-refractivity contribution in [2.75, 3.05) is 70.5 Å². The second kappa shape index (κ2) is 10.4. The van der Waals surface area contributed by atoms with Crippen molar-refractivity contribution in [2.45, 2.75) is 12.6 Å². The molecule has 29 heavy (non-hydrogen) atoms. The van der Waals surface area contributed by atoms with Crippen LogP contribution in [0.2, 0.25) is 0 Å². The number of anilines is 1. The minimum absolute atomic E-state index is 0.313. The van der Waals surface area contributed by atoms with Crippen molar-refractivity contribution in [1.82, 2.24) is 14.8 Å². The highest BCUT2D eigenvalue weighted by Crippen LogP contribution is 2.19. The second-order valence-corrected chi connectivity index (χ2v) is 8.48. The van der Waals surface area contributed by atoms with Gasteiger partial charge in [-0.25, -0.2) is 4.98 Å². The molecule has 0 saturated carbocycles. The Morgan fingerprint density at radius 1 is 1.10 bits per heavy atom. The van der Waals surface area contributed by atoms with Gasteiger partial charge in [0.15, 0.2) is 5.13 Å². The Bertz CT molecular complexity index is 731. The van der Waals surface area contributed by atoms with E-state index in [2.05, 4.69) is 31.8 Å². The fraction of sp³-hybridized carbons (Fsp3) is 0.571. The lowest BCUT2D eigenvalue weighted by molar-refractivity contribution is 0.0341. The van der Waals surface area contributed by atoms with E-state index in [1.54, 1.807) is 11.3 Å². The molecule has 0 amide bonds. The molecule has 8 heteroatoms. The summed E-state index contributed by atoms with van der Waals surface area (Å²) in [5.41, 5.74) is 1.23. The number of benzene rings is 1. The highest BCUT2D eigenvalue weighted by molar-refractivity contribution is 7.13. The number of aliphatic hydroxyl groups excluding tert-OH is 1. The molecular weight excluding hydrogens is 388 g/mol. The summed E-state index contributed by atoms with van der Waals surface area (Å²) >= 11 is 1.68.